The van der Waals surface area contributed by atoms with E-state index in [4.69, 9.17) is 15.3 Å². The van der Waals surface area contributed by atoms with Crippen LogP contribution >= 0.6 is 0 Å². The second-order valence-electron chi connectivity index (χ2n) is 4.15. The van der Waals surface area contributed by atoms with Gasteiger partial charge in [0.15, 0.2) is 0 Å². The molecule has 0 saturated heterocycles. The van der Waals surface area contributed by atoms with Crippen LogP contribution in [0.2, 0.25) is 0 Å². The number of aliphatic hydroxyl groups excluding tert-OH is 3. The lowest BCUT2D eigenvalue weighted by Crippen LogP contribution is -2.54. The van der Waals surface area contributed by atoms with Crippen molar-refractivity contribution in [2.24, 2.45) is 0 Å². The molecule has 0 amide bonds. The summed E-state index contributed by atoms with van der Waals surface area (Å²) in [6, 6.07) is 3.37. The Labute approximate surface area is 108 Å². The van der Waals surface area contributed by atoms with Crippen molar-refractivity contribution >= 4 is 5.69 Å². The molecule has 4 N–H and O–H groups in total. The standard InChI is InChI=1S/C11H15FN2O5/c12-9-3-8(1-2-10(9)14(18)19)4-13-11(5-15,6-16)7-17/h1-3,13,15-17H,4-7H2. The third kappa shape index (κ3) is 3.67. The van der Waals surface area contributed by atoms with Crippen LogP contribution in [0.5, 0.6) is 0 Å². The van der Waals surface area contributed by atoms with Crippen molar-refractivity contribution in [3.63, 3.8) is 0 Å². The Bertz CT molecular complexity index is 442. The van der Waals surface area contributed by atoms with Crippen LogP contribution in [0.3, 0.4) is 0 Å². The SMILES string of the molecule is O=[N+]([O-])c1ccc(CNC(CO)(CO)CO)cc1F. The number of rotatable bonds is 7. The number of nitrogens with zero attached hydrogens (tertiary/aromatic N) is 1. The quantitative estimate of drug-likeness (QED) is 0.395. The maximum Gasteiger partial charge on any atom is 0.304 e. The van der Waals surface area contributed by atoms with Gasteiger partial charge in [0.25, 0.3) is 0 Å². The van der Waals surface area contributed by atoms with Crippen LogP contribution in [0.1, 0.15) is 5.56 Å². The molecule has 0 aliphatic heterocycles. The number of nitro groups is 1. The van der Waals surface area contributed by atoms with Crippen LogP contribution in [0, 0.1) is 15.9 Å². The Morgan fingerprint density at radius 2 is 1.84 bits per heavy atom. The molecule has 0 aliphatic carbocycles. The van der Waals surface area contributed by atoms with E-state index < -0.39 is 41.8 Å². The highest BCUT2D eigenvalue weighted by Crippen LogP contribution is 2.18. The topological polar surface area (TPSA) is 116 Å². The molecular weight excluding hydrogens is 259 g/mol. The number of benzene rings is 1. The summed E-state index contributed by atoms with van der Waals surface area (Å²) in [5.41, 5.74) is -1.51. The molecule has 0 radical (unpaired) electrons. The molecule has 0 saturated carbocycles. The first-order valence-corrected chi connectivity index (χ1v) is 5.48. The summed E-state index contributed by atoms with van der Waals surface area (Å²) < 4.78 is 13.3. The van der Waals surface area contributed by atoms with Crippen molar-refractivity contribution in [3.05, 3.63) is 39.7 Å². The molecule has 0 atom stereocenters. The number of nitro benzene ring substituents is 1. The van der Waals surface area contributed by atoms with E-state index >= 15 is 0 Å². The molecule has 1 aromatic rings. The van der Waals surface area contributed by atoms with Crippen molar-refractivity contribution in [2.45, 2.75) is 12.1 Å². The lowest BCUT2D eigenvalue weighted by molar-refractivity contribution is -0.387. The van der Waals surface area contributed by atoms with Crippen LogP contribution in [-0.4, -0.2) is 45.6 Å². The molecule has 0 unspecified atom stereocenters. The number of nitrogens with one attached hydrogen (secondary N) is 1. The zero-order valence-corrected chi connectivity index (χ0v) is 10.0. The van der Waals surface area contributed by atoms with Gasteiger partial charge in [-0.25, -0.2) is 0 Å². The van der Waals surface area contributed by atoms with Gasteiger partial charge in [-0.1, -0.05) is 6.07 Å². The number of hydrogen-bond acceptors (Lipinski definition) is 6. The van der Waals surface area contributed by atoms with Crippen molar-refractivity contribution in [2.75, 3.05) is 19.8 Å². The Morgan fingerprint density at radius 1 is 1.26 bits per heavy atom. The minimum Gasteiger partial charge on any atom is -0.394 e. The molecule has 0 fully saturated rings. The summed E-state index contributed by atoms with van der Waals surface area (Å²) in [4.78, 5) is 9.61. The molecule has 0 bridgehead atoms. The van der Waals surface area contributed by atoms with E-state index in [0.29, 0.717) is 5.56 Å². The largest absolute Gasteiger partial charge is 0.394 e. The Hall–Kier alpha value is -1.61. The number of hydrogen-bond donors (Lipinski definition) is 4. The average Bonchev–Trinajstić information content (AvgIpc) is 2.40. The van der Waals surface area contributed by atoms with E-state index in [0.717, 1.165) is 12.1 Å². The van der Waals surface area contributed by atoms with Gasteiger partial charge >= 0.3 is 5.69 Å². The van der Waals surface area contributed by atoms with E-state index in [1.165, 1.54) is 6.07 Å². The maximum absolute atomic E-state index is 13.3. The third-order valence-corrected chi connectivity index (χ3v) is 2.78. The smallest absolute Gasteiger partial charge is 0.304 e. The second-order valence-corrected chi connectivity index (χ2v) is 4.15. The highest BCUT2D eigenvalue weighted by atomic mass is 19.1. The molecule has 1 rings (SSSR count). The number of halogens is 1. The second kappa shape index (κ2) is 6.53. The normalized spacial score (nSPS) is 11.6. The zero-order valence-electron chi connectivity index (χ0n) is 10.0. The maximum atomic E-state index is 13.3. The Morgan fingerprint density at radius 3 is 2.26 bits per heavy atom. The van der Waals surface area contributed by atoms with Crippen LogP contribution < -0.4 is 5.32 Å². The summed E-state index contributed by atoms with van der Waals surface area (Å²) in [5, 5.41) is 40.4. The van der Waals surface area contributed by atoms with E-state index in [2.05, 4.69) is 5.32 Å². The van der Waals surface area contributed by atoms with Gasteiger partial charge in [0.2, 0.25) is 5.82 Å². The molecule has 7 nitrogen and oxygen atoms in total. The van der Waals surface area contributed by atoms with Gasteiger partial charge in [0, 0.05) is 12.6 Å². The summed E-state index contributed by atoms with van der Waals surface area (Å²) in [5.74, 6) is -0.966. The van der Waals surface area contributed by atoms with Crippen molar-refractivity contribution < 1.29 is 24.6 Å². The van der Waals surface area contributed by atoms with E-state index in [1.807, 2.05) is 0 Å². The minimum absolute atomic E-state index is 0.0383. The molecule has 0 aliphatic rings. The molecule has 8 heteroatoms. The van der Waals surface area contributed by atoms with E-state index in [-0.39, 0.29) is 6.54 Å². The van der Waals surface area contributed by atoms with E-state index in [1.54, 1.807) is 0 Å². The number of aliphatic hydroxyl groups is 3. The summed E-state index contributed by atoms with van der Waals surface area (Å²) in [6.45, 7) is -1.48. The van der Waals surface area contributed by atoms with Gasteiger partial charge in [0.1, 0.15) is 0 Å². The van der Waals surface area contributed by atoms with Crippen LogP contribution in [0.25, 0.3) is 0 Å². The lowest BCUT2D eigenvalue weighted by Gasteiger charge is -2.28. The molecule has 1 aromatic carbocycles. The fourth-order valence-electron chi connectivity index (χ4n) is 1.42. The van der Waals surface area contributed by atoms with Gasteiger partial charge in [-0.05, 0) is 11.6 Å². The fraction of sp³-hybridized carbons (Fsp3) is 0.455. The first-order chi connectivity index (χ1) is 8.98. The van der Waals surface area contributed by atoms with Crippen molar-refractivity contribution in [1.29, 1.82) is 0 Å². The minimum atomic E-state index is -1.28. The Balaban J connectivity index is 2.78. The predicted octanol–water partition coefficient (Wildman–Crippen LogP) is -0.461. The van der Waals surface area contributed by atoms with Gasteiger partial charge < -0.3 is 20.6 Å². The molecule has 19 heavy (non-hydrogen) atoms. The molecule has 0 spiro atoms. The molecule has 0 heterocycles. The lowest BCUT2D eigenvalue weighted by atomic mass is 10.0. The first-order valence-electron chi connectivity index (χ1n) is 5.48. The summed E-state index contributed by atoms with van der Waals surface area (Å²) in [7, 11) is 0. The summed E-state index contributed by atoms with van der Waals surface area (Å²) in [6.07, 6.45) is 0. The van der Waals surface area contributed by atoms with Gasteiger partial charge in [-0.3, -0.25) is 10.1 Å². The van der Waals surface area contributed by atoms with Gasteiger partial charge in [-0.2, -0.15) is 4.39 Å². The highest BCUT2D eigenvalue weighted by molar-refractivity contribution is 5.35. The van der Waals surface area contributed by atoms with Crippen molar-refractivity contribution in [3.8, 4) is 0 Å². The zero-order chi connectivity index (χ0) is 14.5. The van der Waals surface area contributed by atoms with Crippen LogP contribution in [0.4, 0.5) is 10.1 Å². The Kier molecular flexibility index (Phi) is 5.31. The molecule has 106 valence electrons. The van der Waals surface area contributed by atoms with Gasteiger partial charge in [0.05, 0.1) is 30.3 Å². The highest BCUT2D eigenvalue weighted by Gasteiger charge is 2.27. The van der Waals surface area contributed by atoms with Gasteiger partial charge in [-0.15, -0.1) is 0 Å². The van der Waals surface area contributed by atoms with Crippen molar-refractivity contribution in [1.82, 2.24) is 5.32 Å². The van der Waals surface area contributed by atoms with Crippen LogP contribution in [0.15, 0.2) is 18.2 Å². The summed E-state index contributed by atoms with van der Waals surface area (Å²) >= 11 is 0. The average molecular weight is 274 g/mol. The third-order valence-electron chi connectivity index (χ3n) is 2.78. The molecular formula is C11H15FN2O5. The van der Waals surface area contributed by atoms with E-state index in [9.17, 15) is 14.5 Å². The fourth-order valence-corrected chi connectivity index (χ4v) is 1.42. The predicted molar refractivity (Wildman–Crippen MR) is 63.9 cm³/mol. The van der Waals surface area contributed by atoms with Crippen LogP contribution in [-0.2, 0) is 6.54 Å². The monoisotopic (exact) mass is 274 g/mol. The molecule has 0 aromatic heterocycles. The first kappa shape index (κ1) is 15.4.